The topological polar surface area (TPSA) is 90.1 Å². The number of nitro benzene ring substituents is 1. The molecule has 0 atom stereocenters. The third-order valence-electron chi connectivity index (χ3n) is 4.41. The van der Waals surface area contributed by atoms with Crippen molar-refractivity contribution in [2.75, 3.05) is 0 Å². The lowest BCUT2D eigenvalue weighted by molar-refractivity contribution is -0.384. The maximum Gasteiger partial charge on any atom is 0.416 e. The molecule has 30 heavy (non-hydrogen) atoms. The van der Waals surface area contributed by atoms with Crippen LogP contribution in [0, 0.1) is 24.0 Å². The van der Waals surface area contributed by atoms with Crippen LogP contribution in [0.15, 0.2) is 48.5 Å². The zero-order valence-corrected chi connectivity index (χ0v) is 16.0. The summed E-state index contributed by atoms with van der Waals surface area (Å²) in [5.41, 5.74) is 0.284. The fourth-order valence-corrected chi connectivity index (χ4v) is 3.04. The molecule has 1 amide bonds. The van der Waals surface area contributed by atoms with E-state index in [1.165, 1.54) is 35.0 Å². The van der Waals surface area contributed by atoms with Crippen molar-refractivity contribution in [3.05, 3.63) is 86.7 Å². The number of benzene rings is 2. The van der Waals surface area contributed by atoms with Crippen LogP contribution in [-0.2, 0) is 12.7 Å². The van der Waals surface area contributed by atoms with E-state index in [2.05, 4.69) is 10.4 Å². The number of halogens is 3. The number of rotatable bonds is 5. The first kappa shape index (κ1) is 21.0. The summed E-state index contributed by atoms with van der Waals surface area (Å²) < 4.78 is 42.3. The smallest absolute Gasteiger partial charge is 0.348 e. The van der Waals surface area contributed by atoms with Crippen molar-refractivity contribution < 1.29 is 22.9 Å². The van der Waals surface area contributed by atoms with Crippen molar-refractivity contribution >= 4 is 11.6 Å². The Hall–Kier alpha value is -3.69. The van der Waals surface area contributed by atoms with Crippen LogP contribution in [0.1, 0.15) is 32.9 Å². The molecule has 2 aromatic carbocycles. The maximum atomic E-state index is 13.6. The van der Waals surface area contributed by atoms with Gasteiger partial charge in [0.1, 0.15) is 0 Å². The van der Waals surface area contributed by atoms with Gasteiger partial charge in [-0.25, -0.2) is 4.68 Å². The summed E-state index contributed by atoms with van der Waals surface area (Å²) in [5.74, 6) is -0.713. The predicted molar refractivity (Wildman–Crippen MR) is 102 cm³/mol. The predicted octanol–water partition coefficient (Wildman–Crippen LogP) is 4.35. The van der Waals surface area contributed by atoms with Gasteiger partial charge in [-0.15, -0.1) is 0 Å². The summed E-state index contributed by atoms with van der Waals surface area (Å²) in [6.07, 6.45) is -4.64. The Morgan fingerprint density at radius 1 is 1.17 bits per heavy atom. The van der Waals surface area contributed by atoms with E-state index in [1.807, 2.05) is 0 Å². The molecule has 1 N–H and O–H groups in total. The first-order valence-electron chi connectivity index (χ1n) is 8.82. The van der Waals surface area contributed by atoms with Gasteiger partial charge in [0.25, 0.3) is 11.6 Å². The van der Waals surface area contributed by atoms with Crippen molar-refractivity contribution in [3.8, 4) is 5.69 Å². The maximum absolute atomic E-state index is 13.6. The number of aryl methyl sites for hydroxylation is 2. The molecule has 0 saturated heterocycles. The van der Waals surface area contributed by atoms with Gasteiger partial charge < -0.3 is 5.32 Å². The number of nitrogens with one attached hydrogen (secondary N) is 1. The van der Waals surface area contributed by atoms with Gasteiger partial charge in [-0.3, -0.25) is 14.9 Å². The van der Waals surface area contributed by atoms with E-state index in [-0.39, 0.29) is 22.5 Å². The molecule has 0 saturated carbocycles. The van der Waals surface area contributed by atoms with Gasteiger partial charge >= 0.3 is 6.18 Å². The number of carbonyl (C=O) groups excluding carboxylic acids is 1. The summed E-state index contributed by atoms with van der Waals surface area (Å²) >= 11 is 0. The highest BCUT2D eigenvalue weighted by atomic mass is 19.4. The molecule has 0 aliphatic heterocycles. The molecule has 3 aromatic rings. The first-order chi connectivity index (χ1) is 14.1. The minimum absolute atomic E-state index is 0.0166. The number of hydrogen-bond acceptors (Lipinski definition) is 4. The SMILES string of the molecule is Cc1cc(C)n(-c2ccc(CNC(=O)c3cccc([N+](=O)[O-])c3)c(C(F)(F)F)c2)n1. The Morgan fingerprint density at radius 3 is 2.50 bits per heavy atom. The molecule has 1 heterocycles. The Labute approximate surface area is 169 Å². The molecule has 156 valence electrons. The molecule has 0 aliphatic rings. The van der Waals surface area contributed by atoms with Crippen LogP contribution in [-0.4, -0.2) is 20.6 Å². The Morgan fingerprint density at radius 2 is 1.90 bits per heavy atom. The zero-order chi connectivity index (χ0) is 22.1. The molecule has 0 radical (unpaired) electrons. The number of alkyl halides is 3. The zero-order valence-electron chi connectivity index (χ0n) is 16.0. The van der Waals surface area contributed by atoms with Crippen LogP contribution < -0.4 is 5.32 Å². The fraction of sp³-hybridized carbons (Fsp3) is 0.200. The van der Waals surface area contributed by atoms with Crippen LogP contribution in [0.2, 0.25) is 0 Å². The molecule has 10 heteroatoms. The number of nitrogens with zero attached hydrogens (tertiary/aromatic N) is 3. The van der Waals surface area contributed by atoms with Crippen LogP contribution in [0.5, 0.6) is 0 Å². The van der Waals surface area contributed by atoms with Crippen LogP contribution >= 0.6 is 0 Å². The molecule has 0 spiro atoms. The number of nitro groups is 1. The lowest BCUT2D eigenvalue weighted by Gasteiger charge is -2.16. The van der Waals surface area contributed by atoms with E-state index in [4.69, 9.17) is 0 Å². The summed E-state index contributed by atoms with van der Waals surface area (Å²) in [5, 5.41) is 17.4. The quantitative estimate of drug-likeness (QED) is 0.493. The normalized spacial score (nSPS) is 11.4. The highest BCUT2D eigenvalue weighted by Crippen LogP contribution is 2.33. The van der Waals surface area contributed by atoms with Gasteiger partial charge in [-0.1, -0.05) is 12.1 Å². The standard InChI is InChI=1S/C20H17F3N4O3/c1-12-8-13(2)26(25-12)16-7-6-15(18(10-16)20(21,22)23)11-24-19(28)14-4-3-5-17(9-14)27(29)30/h3-10H,11H2,1-2H3,(H,24,28). The molecule has 7 nitrogen and oxygen atoms in total. The number of amides is 1. The van der Waals surface area contributed by atoms with E-state index in [9.17, 15) is 28.1 Å². The summed E-state index contributed by atoms with van der Waals surface area (Å²) in [6, 6.07) is 10.5. The van der Waals surface area contributed by atoms with Gasteiger partial charge in [0.2, 0.25) is 0 Å². The van der Waals surface area contributed by atoms with Crippen molar-refractivity contribution in [1.82, 2.24) is 15.1 Å². The van der Waals surface area contributed by atoms with E-state index in [0.29, 0.717) is 11.4 Å². The molecular formula is C20H17F3N4O3. The summed E-state index contributed by atoms with van der Waals surface area (Å²) in [6.45, 7) is 3.08. The molecule has 0 aliphatic carbocycles. The van der Waals surface area contributed by atoms with Crippen molar-refractivity contribution in [3.63, 3.8) is 0 Å². The van der Waals surface area contributed by atoms with E-state index >= 15 is 0 Å². The number of carbonyl (C=O) groups is 1. The first-order valence-corrected chi connectivity index (χ1v) is 8.82. The minimum Gasteiger partial charge on any atom is -0.348 e. The average molecular weight is 418 g/mol. The minimum atomic E-state index is -4.64. The number of hydrogen-bond donors (Lipinski definition) is 1. The van der Waals surface area contributed by atoms with Crippen molar-refractivity contribution in [1.29, 1.82) is 0 Å². The van der Waals surface area contributed by atoms with E-state index in [0.717, 1.165) is 12.1 Å². The van der Waals surface area contributed by atoms with Crippen LogP contribution in [0.25, 0.3) is 5.69 Å². The van der Waals surface area contributed by atoms with Gasteiger partial charge in [-0.2, -0.15) is 18.3 Å². The second-order valence-corrected chi connectivity index (χ2v) is 6.67. The Kier molecular flexibility index (Phi) is 5.59. The third kappa shape index (κ3) is 4.48. The highest BCUT2D eigenvalue weighted by molar-refractivity contribution is 5.94. The Bertz CT molecular complexity index is 1120. The second-order valence-electron chi connectivity index (χ2n) is 6.67. The fourth-order valence-electron chi connectivity index (χ4n) is 3.04. The van der Waals surface area contributed by atoms with Gasteiger partial charge in [-0.05, 0) is 43.7 Å². The summed E-state index contributed by atoms with van der Waals surface area (Å²) in [7, 11) is 0. The van der Waals surface area contributed by atoms with Gasteiger partial charge in [0.05, 0.1) is 21.9 Å². The highest BCUT2D eigenvalue weighted by Gasteiger charge is 2.34. The largest absolute Gasteiger partial charge is 0.416 e. The molecule has 1 aromatic heterocycles. The summed E-state index contributed by atoms with van der Waals surface area (Å²) in [4.78, 5) is 22.4. The van der Waals surface area contributed by atoms with Gasteiger partial charge in [0, 0.05) is 29.9 Å². The molecule has 0 bridgehead atoms. The monoisotopic (exact) mass is 418 g/mol. The average Bonchev–Trinajstić information content (AvgIpc) is 3.03. The Balaban J connectivity index is 1.87. The molecular weight excluding hydrogens is 401 g/mol. The third-order valence-corrected chi connectivity index (χ3v) is 4.41. The van der Waals surface area contributed by atoms with Gasteiger partial charge in [0.15, 0.2) is 0 Å². The van der Waals surface area contributed by atoms with Crippen molar-refractivity contribution in [2.45, 2.75) is 26.6 Å². The molecule has 0 unspecified atom stereocenters. The second kappa shape index (κ2) is 7.97. The van der Waals surface area contributed by atoms with Crippen molar-refractivity contribution in [2.24, 2.45) is 0 Å². The number of non-ortho nitro benzene ring substituents is 1. The van der Waals surface area contributed by atoms with E-state index in [1.54, 1.807) is 19.9 Å². The molecule has 3 rings (SSSR count). The van der Waals surface area contributed by atoms with Crippen LogP contribution in [0.3, 0.4) is 0 Å². The van der Waals surface area contributed by atoms with Crippen LogP contribution in [0.4, 0.5) is 18.9 Å². The lowest BCUT2D eigenvalue weighted by atomic mass is 10.1. The van der Waals surface area contributed by atoms with E-state index < -0.39 is 29.1 Å². The number of aromatic nitrogens is 2. The lowest BCUT2D eigenvalue weighted by Crippen LogP contribution is -2.24. The molecule has 0 fully saturated rings.